The van der Waals surface area contributed by atoms with E-state index in [1.807, 2.05) is 0 Å². The molecule has 2 unspecified atom stereocenters. The lowest BCUT2D eigenvalue weighted by Gasteiger charge is -2.14. The second-order valence-corrected chi connectivity index (χ2v) is 4.69. The van der Waals surface area contributed by atoms with Gasteiger partial charge < -0.3 is 15.8 Å². The van der Waals surface area contributed by atoms with E-state index in [0.29, 0.717) is 5.82 Å². The maximum absolute atomic E-state index is 11.3. The number of aromatic nitrogens is 2. The van der Waals surface area contributed by atoms with Gasteiger partial charge in [-0.2, -0.15) is 0 Å². The smallest absolute Gasteiger partial charge is 0.252 e. The maximum atomic E-state index is 11.3. The molecular weight excluding hydrogens is 256 g/mol. The van der Waals surface area contributed by atoms with Crippen LogP contribution in [0.4, 0.5) is 5.82 Å². The quantitative estimate of drug-likeness (QED) is 0.858. The largest absolute Gasteiger partial charge is 0.381 e. The third-order valence-electron chi connectivity index (χ3n) is 3.09. The van der Waals surface area contributed by atoms with E-state index >= 15 is 0 Å². The number of anilines is 1. The number of carbonyl (C=O) groups is 1. The first-order chi connectivity index (χ1) is 8.60. The predicted molar refractivity (Wildman–Crippen MR) is 67.6 cm³/mol. The van der Waals surface area contributed by atoms with Crippen LogP contribution in [-0.2, 0) is 4.74 Å². The minimum absolute atomic E-state index is 0.149. The number of hydrogen-bond donors (Lipinski definition) is 2. The van der Waals surface area contributed by atoms with Crippen LogP contribution in [0.3, 0.4) is 0 Å². The van der Waals surface area contributed by atoms with Crippen molar-refractivity contribution in [3.05, 3.63) is 16.8 Å². The minimum atomic E-state index is -0.574. The Labute approximate surface area is 110 Å². The third-order valence-corrected chi connectivity index (χ3v) is 3.27. The van der Waals surface area contributed by atoms with E-state index < -0.39 is 5.91 Å². The summed E-state index contributed by atoms with van der Waals surface area (Å²) in [6.07, 6.45) is 3.07. The number of nitrogens with one attached hydrogen (secondary N) is 1. The molecule has 1 fully saturated rings. The molecular formula is C11H15ClN4O2. The van der Waals surface area contributed by atoms with Crippen LogP contribution < -0.4 is 11.1 Å². The van der Waals surface area contributed by atoms with Crippen LogP contribution >= 0.6 is 11.6 Å². The molecule has 98 valence electrons. The van der Waals surface area contributed by atoms with Gasteiger partial charge in [0, 0.05) is 13.2 Å². The van der Waals surface area contributed by atoms with Gasteiger partial charge in [-0.15, -0.1) is 10.2 Å². The third kappa shape index (κ3) is 2.88. The van der Waals surface area contributed by atoms with Crippen molar-refractivity contribution in [2.45, 2.75) is 31.4 Å². The zero-order valence-electron chi connectivity index (χ0n) is 10.0. The summed E-state index contributed by atoms with van der Waals surface area (Å²) in [4.78, 5) is 11.3. The van der Waals surface area contributed by atoms with Crippen LogP contribution in [0.1, 0.15) is 29.6 Å². The SMILES string of the molecule is COC1CCC(Nc2nnc(Cl)cc2C(N)=O)C1. The first kappa shape index (κ1) is 13.0. The highest BCUT2D eigenvalue weighted by Crippen LogP contribution is 2.25. The van der Waals surface area contributed by atoms with Gasteiger partial charge in [0.1, 0.15) is 0 Å². The number of ether oxygens (including phenoxy) is 1. The Kier molecular flexibility index (Phi) is 3.98. The summed E-state index contributed by atoms with van der Waals surface area (Å²) in [6, 6.07) is 1.63. The van der Waals surface area contributed by atoms with Gasteiger partial charge in [0.2, 0.25) is 0 Å². The summed E-state index contributed by atoms with van der Waals surface area (Å²) < 4.78 is 5.29. The number of primary amides is 1. The molecule has 1 aliphatic carbocycles. The maximum Gasteiger partial charge on any atom is 0.252 e. The Hall–Kier alpha value is -1.40. The van der Waals surface area contributed by atoms with Gasteiger partial charge in [0.05, 0.1) is 11.7 Å². The Morgan fingerprint density at radius 2 is 2.33 bits per heavy atom. The number of rotatable bonds is 4. The van der Waals surface area contributed by atoms with Crippen LogP contribution in [-0.4, -0.2) is 35.4 Å². The van der Waals surface area contributed by atoms with Crippen molar-refractivity contribution < 1.29 is 9.53 Å². The number of carbonyl (C=O) groups excluding carboxylic acids is 1. The molecule has 3 N–H and O–H groups in total. The standard InChI is InChI=1S/C11H15ClN4O2/c1-18-7-3-2-6(4-7)14-11-8(10(13)17)5-9(12)15-16-11/h5-7H,2-4H2,1H3,(H2,13,17)(H,14,16). The second-order valence-electron chi connectivity index (χ2n) is 4.31. The Morgan fingerprint density at radius 1 is 1.56 bits per heavy atom. The van der Waals surface area contributed by atoms with Gasteiger partial charge in [0.15, 0.2) is 11.0 Å². The molecule has 2 rings (SSSR count). The molecule has 1 amide bonds. The lowest BCUT2D eigenvalue weighted by Crippen LogP contribution is -2.22. The average Bonchev–Trinajstić information content (AvgIpc) is 2.79. The van der Waals surface area contributed by atoms with Crippen molar-refractivity contribution in [1.29, 1.82) is 0 Å². The van der Waals surface area contributed by atoms with Crippen molar-refractivity contribution in [1.82, 2.24) is 10.2 Å². The minimum Gasteiger partial charge on any atom is -0.381 e. The molecule has 1 saturated carbocycles. The van der Waals surface area contributed by atoms with Gasteiger partial charge in [0.25, 0.3) is 5.91 Å². The first-order valence-corrected chi connectivity index (χ1v) is 6.10. The number of nitrogens with zero attached hydrogens (tertiary/aromatic N) is 2. The van der Waals surface area contributed by atoms with Gasteiger partial charge >= 0.3 is 0 Å². The molecule has 0 saturated heterocycles. The molecule has 1 heterocycles. The fourth-order valence-electron chi connectivity index (χ4n) is 2.14. The fourth-order valence-corrected chi connectivity index (χ4v) is 2.29. The summed E-state index contributed by atoms with van der Waals surface area (Å²) in [5, 5.41) is 10.9. The van der Waals surface area contributed by atoms with E-state index in [1.165, 1.54) is 6.07 Å². The monoisotopic (exact) mass is 270 g/mol. The van der Waals surface area contributed by atoms with E-state index in [0.717, 1.165) is 19.3 Å². The summed E-state index contributed by atoms with van der Waals surface area (Å²) in [5.41, 5.74) is 5.54. The summed E-state index contributed by atoms with van der Waals surface area (Å²) in [5.74, 6) is -0.191. The molecule has 0 aromatic carbocycles. The van der Waals surface area contributed by atoms with Crippen molar-refractivity contribution >= 4 is 23.3 Å². The van der Waals surface area contributed by atoms with E-state index in [2.05, 4.69) is 15.5 Å². The molecule has 1 aromatic heterocycles. The predicted octanol–water partition coefficient (Wildman–Crippen LogP) is 1.21. The van der Waals surface area contributed by atoms with Gasteiger partial charge in [-0.1, -0.05) is 11.6 Å². The topological polar surface area (TPSA) is 90.1 Å². The van der Waals surface area contributed by atoms with Crippen LogP contribution in [0.5, 0.6) is 0 Å². The van der Waals surface area contributed by atoms with Gasteiger partial charge in [-0.05, 0) is 25.3 Å². The summed E-state index contributed by atoms with van der Waals surface area (Å²) >= 11 is 5.69. The number of amides is 1. The first-order valence-electron chi connectivity index (χ1n) is 5.72. The molecule has 0 bridgehead atoms. The second kappa shape index (κ2) is 5.49. The van der Waals surface area contributed by atoms with Gasteiger partial charge in [-0.3, -0.25) is 4.79 Å². The van der Waals surface area contributed by atoms with Crippen molar-refractivity contribution in [3.8, 4) is 0 Å². The number of hydrogen-bond acceptors (Lipinski definition) is 5. The Morgan fingerprint density at radius 3 is 2.94 bits per heavy atom. The van der Waals surface area contributed by atoms with E-state index in [1.54, 1.807) is 7.11 Å². The van der Waals surface area contributed by atoms with Crippen molar-refractivity contribution in [2.75, 3.05) is 12.4 Å². The van der Waals surface area contributed by atoms with Crippen molar-refractivity contribution in [3.63, 3.8) is 0 Å². The molecule has 2 atom stereocenters. The summed E-state index contributed by atoms with van der Waals surface area (Å²) in [7, 11) is 1.70. The highest BCUT2D eigenvalue weighted by Gasteiger charge is 2.25. The van der Waals surface area contributed by atoms with Crippen molar-refractivity contribution in [2.24, 2.45) is 5.73 Å². The Balaban J connectivity index is 2.12. The highest BCUT2D eigenvalue weighted by atomic mass is 35.5. The number of nitrogens with two attached hydrogens (primary N) is 1. The lowest BCUT2D eigenvalue weighted by atomic mass is 10.2. The zero-order valence-corrected chi connectivity index (χ0v) is 10.8. The molecule has 0 spiro atoms. The molecule has 7 heteroatoms. The lowest BCUT2D eigenvalue weighted by molar-refractivity contribution is 0.100. The van der Waals surface area contributed by atoms with E-state index in [4.69, 9.17) is 22.1 Å². The molecule has 0 radical (unpaired) electrons. The van der Waals surface area contributed by atoms with E-state index in [-0.39, 0.29) is 22.9 Å². The highest BCUT2D eigenvalue weighted by molar-refractivity contribution is 6.29. The molecule has 6 nitrogen and oxygen atoms in total. The number of halogens is 1. The average molecular weight is 271 g/mol. The number of methoxy groups -OCH3 is 1. The van der Waals surface area contributed by atoms with E-state index in [9.17, 15) is 4.79 Å². The molecule has 1 aliphatic rings. The van der Waals surface area contributed by atoms with Crippen LogP contribution in [0, 0.1) is 0 Å². The fraction of sp³-hybridized carbons (Fsp3) is 0.545. The zero-order chi connectivity index (χ0) is 13.1. The van der Waals surface area contributed by atoms with Crippen LogP contribution in [0.25, 0.3) is 0 Å². The molecule has 1 aromatic rings. The Bertz CT molecular complexity index is 455. The van der Waals surface area contributed by atoms with Crippen LogP contribution in [0.15, 0.2) is 6.07 Å². The molecule has 0 aliphatic heterocycles. The van der Waals surface area contributed by atoms with Crippen LogP contribution in [0.2, 0.25) is 5.15 Å². The normalized spacial score (nSPS) is 23.0. The molecule has 18 heavy (non-hydrogen) atoms. The summed E-state index contributed by atoms with van der Waals surface area (Å²) in [6.45, 7) is 0. The van der Waals surface area contributed by atoms with Gasteiger partial charge in [-0.25, -0.2) is 0 Å².